The standard InChI is InChI=1S/C38H27NO/c1-4-15-28(16-5-1)33-23-10-12-25-35(33)39(31-20-8-3-9-21-31)32-22-14-19-30(27-32)38-37(29-17-6-2-7-18-29)34-24-11-13-26-36(34)40-38/h1-27H. The highest BCUT2D eigenvalue weighted by Crippen LogP contribution is 2.44. The number of benzene rings is 6. The van der Waals surface area contributed by atoms with Gasteiger partial charge < -0.3 is 9.32 Å². The topological polar surface area (TPSA) is 16.4 Å². The van der Waals surface area contributed by atoms with Crippen LogP contribution in [0.25, 0.3) is 44.5 Å². The molecular weight excluding hydrogens is 486 g/mol. The first-order valence-corrected chi connectivity index (χ1v) is 13.5. The van der Waals surface area contributed by atoms with Crippen LogP contribution in [0.5, 0.6) is 0 Å². The molecule has 6 aromatic carbocycles. The van der Waals surface area contributed by atoms with Crippen molar-refractivity contribution in [2.75, 3.05) is 4.90 Å². The Labute approximate surface area is 234 Å². The molecule has 2 heteroatoms. The molecule has 0 unspecified atom stereocenters. The SMILES string of the molecule is c1ccc(-c2ccccc2N(c2ccccc2)c2cccc(-c3oc4ccccc4c3-c3ccccc3)c2)cc1. The summed E-state index contributed by atoms with van der Waals surface area (Å²) in [4.78, 5) is 2.33. The Morgan fingerprint density at radius 3 is 1.77 bits per heavy atom. The highest BCUT2D eigenvalue weighted by Gasteiger charge is 2.21. The molecule has 0 atom stereocenters. The second-order valence-corrected chi connectivity index (χ2v) is 9.77. The van der Waals surface area contributed by atoms with Crippen molar-refractivity contribution in [2.45, 2.75) is 0 Å². The Hall–Kier alpha value is -5.34. The van der Waals surface area contributed by atoms with E-state index in [-0.39, 0.29) is 0 Å². The zero-order chi connectivity index (χ0) is 26.7. The zero-order valence-electron chi connectivity index (χ0n) is 21.9. The fourth-order valence-corrected chi connectivity index (χ4v) is 5.46. The summed E-state index contributed by atoms with van der Waals surface area (Å²) in [5.41, 5.74) is 9.80. The maximum Gasteiger partial charge on any atom is 0.143 e. The Kier molecular flexibility index (Phi) is 6.20. The molecule has 1 aromatic heterocycles. The molecule has 190 valence electrons. The summed E-state index contributed by atoms with van der Waals surface area (Å²) in [5.74, 6) is 0.874. The van der Waals surface area contributed by atoms with Gasteiger partial charge in [-0.1, -0.05) is 127 Å². The van der Waals surface area contributed by atoms with E-state index in [1.165, 1.54) is 11.1 Å². The number of furan rings is 1. The highest BCUT2D eigenvalue weighted by molar-refractivity contribution is 6.02. The maximum absolute atomic E-state index is 6.56. The average molecular weight is 514 g/mol. The molecule has 0 aliphatic heterocycles. The lowest BCUT2D eigenvalue weighted by atomic mass is 9.98. The first-order chi connectivity index (χ1) is 19.9. The fourth-order valence-electron chi connectivity index (χ4n) is 5.46. The number of hydrogen-bond donors (Lipinski definition) is 0. The molecule has 7 rings (SSSR count). The lowest BCUT2D eigenvalue weighted by Crippen LogP contribution is -2.11. The van der Waals surface area contributed by atoms with Gasteiger partial charge in [0.1, 0.15) is 11.3 Å². The lowest BCUT2D eigenvalue weighted by Gasteiger charge is -2.28. The number of anilines is 3. The van der Waals surface area contributed by atoms with Crippen LogP contribution in [0, 0.1) is 0 Å². The van der Waals surface area contributed by atoms with E-state index >= 15 is 0 Å². The van der Waals surface area contributed by atoms with Crippen LogP contribution in [0.2, 0.25) is 0 Å². The van der Waals surface area contributed by atoms with Gasteiger partial charge in [-0.05, 0) is 47.5 Å². The van der Waals surface area contributed by atoms with Crippen molar-refractivity contribution in [3.8, 4) is 33.6 Å². The predicted molar refractivity (Wildman–Crippen MR) is 167 cm³/mol. The van der Waals surface area contributed by atoms with E-state index < -0.39 is 0 Å². The lowest BCUT2D eigenvalue weighted by molar-refractivity contribution is 0.632. The third-order valence-electron chi connectivity index (χ3n) is 7.27. The summed E-state index contributed by atoms with van der Waals surface area (Å²) in [6.07, 6.45) is 0. The van der Waals surface area contributed by atoms with Crippen molar-refractivity contribution in [1.29, 1.82) is 0 Å². The molecule has 0 fully saturated rings. The fraction of sp³-hybridized carbons (Fsp3) is 0. The summed E-state index contributed by atoms with van der Waals surface area (Å²) in [6, 6.07) is 57.2. The summed E-state index contributed by atoms with van der Waals surface area (Å²) < 4.78 is 6.56. The Morgan fingerprint density at radius 2 is 1.00 bits per heavy atom. The number of fused-ring (bicyclic) bond motifs is 1. The van der Waals surface area contributed by atoms with Crippen molar-refractivity contribution < 1.29 is 4.42 Å². The van der Waals surface area contributed by atoms with Crippen LogP contribution in [0.4, 0.5) is 17.1 Å². The van der Waals surface area contributed by atoms with Crippen LogP contribution in [0.3, 0.4) is 0 Å². The van der Waals surface area contributed by atoms with Crippen LogP contribution in [-0.4, -0.2) is 0 Å². The minimum absolute atomic E-state index is 0.874. The normalized spacial score (nSPS) is 11.0. The minimum Gasteiger partial charge on any atom is -0.455 e. The molecule has 0 radical (unpaired) electrons. The molecular formula is C38H27NO. The van der Waals surface area contributed by atoms with Gasteiger partial charge >= 0.3 is 0 Å². The van der Waals surface area contributed by atoms with Crippen LogP contribution in [0.1, 0.15) is 0 Å². The molecule has 40 heavy (non-hydrogen) atoms. The van der Waals surface area contributed by atoms with Gasteiger partial charge in [0.15, 0.2) is 0 Å². The smallest absolute Gasteiger partial charge is 0.143 e. The van der Waals surface area contributed by atoms with Gasteiger partial charge in [0, 0.05) is 33.5 Å². The van der Waals surface area contributed by atoms with E-state index in [4.69, 9.17) is 4.42 Å². The molecule has 0 saturated carbocycles. The van der Waals surface area contributed by atoms with Gasteiger partial charge in [-0.15, -0.1) is 0 Å². The summed E-state index contributed by atoms with van der Waals surface area (Å²) in [6.45, 7) is 0. The van der Waals surface area contributed by atoms with Crippen molar-refractivity contribution in [2.24, 2.45) is 0 Å². The Bertz CT molecular complexity index is 1890. The summed E-state index contributed by atoms with van der Waals surface area (Å²) in [5, 5.41) is 1.11. The predicted octanol–water partition coefficient (Wildman–Crippen LogP) is 10.9. The van der Waals surface area contributed by atoms with Crippen LogP contribution in [-0.2, 0) is 0 Å². The third kappa shape index (κ3) is 4.36. The van der Waals surface area contributed by atoms with Crippen LogP contribution >= 0.6 is 0 Å². The van der Waals surface area contributed by atoms with Crippen molar-refractivity contribution >= 4 is 28.0 Å². The van der Waals surface area contributed by atoms with E-state index in [0.717, 1.165) is 50.5 Å². The first kappa shape index (κ1) is 23.8. The second kappa shape index (κ2) is 10.4. The van der Waals surface area contributed by atoms with Crippen molar-refractivity contribution in [1.82, 2.24) is 0 Å². The van der Waals surface area contributed by atoms with Crippen molar-refractivity contribution in [3.63, 3.8) is 0 Å². The molecule has 0 amide bonds. The number of hydrogen-bond acceptors (Lipinski definition) is 2. The molecule has 0 aliphatic rings. The van der Waals surface area contributed by atoms with Gasteiger partial charge in [0.25, 0.3) is 0 Å². The molecule has 1 heterocycles. The zero-order valence-corrected chi connectivity index (χ0v) is 21.9. The van der Waals surface area contributed by atoms with E-state index in [1.54, 1.807) is 0 Å². The van der Waals surface area contributed by atoms with Crippen molar-refractivity contribution in [3.05, 3.63) is 164 Å². The number of nitrogens with zero attached hydrogens (tertiary/aromatic N) is 1. The van der Waals surface area contributed by atoms with Gasteiger partial charge in [-0.2, -0.15) is 0 Å². The summed E-state index contributed by atoms with van der Waals surface area (Å²) >= 11 is 0. The number of rotatable bonds is 6. The van der Waals surface area contributed by atoms with E-state index in [0.29, 0.717) is 0 Å². The minimum atomic E-state index is 0.874. The molecule has 0 bridgehead atoms. The molecule has 2 nitrogen and oxygen atoms in total. The van der Waals surface area contributed by atoms with Gasteiger partial charge in [-0.25, -0.2) is 0 Å². The monoisotopic (exact) mass is 513 g/mol. The number of para-hydroxylation sites is 3. The maximum atomic E-state index is 6.56. The third-order valence-corrected chi connectivity index (χ3v) is 7.27. The van der Waals surface area contributed by atoms with E-state index in [1.807, 2.05) is 18.2 Å². The largest absolute Gasteiger partial charge is 0.455 e. The highest BCUT2D eigenvalue weighted by atomic mass is 16.3. The average Bonchev–Trinajstić information content (AvgIpc) is 3.43. The first-order valence-electron chi connectivity index (χ1n) is 13.5. The van der Waals surface area contributed by atoms with E-state index in [2.05, 4.69) is 150 Å². The Morgan fingerprint density at radius 1 is 0.425 bits per heavy atom. The van der Waals surface area contributed by atoms with E-state index in [9.17, 15) is 0 Å². The van der Waals surface area contributed by atoms with Gasteiger partial charge in [0.05, 0.1) is 5.69 Å². The molecule has 0 saturated heterocycles. The Balaban J connectivity index is 1.44. The molecule has 0 spiro atoms. The molecule has 0 N–H and O–H groups in total. The molecule has 7 aromatic rings. The second-order valence-electron chi connectivity index (χ2n) is 9.77. The van der Waals surface area contributed by atoms with Crippen LogP contribution < -0.4 is 4.90 Å². The quantitative estimate of drug-likeness (QED) is 0.220. The summed E-state index contributed by atoms with van der Waals surface area (Å²) in [7, 11) is 0. The van der Waals surface area contributed by atoms with Gasteiger partial charge in [0.2, 0.25) is 0 Å². The van der Waals surface area contributed by atoms with Gasteiger partial charge in [-0.3, -0.25) is 0 Å². The molecule has 0 aliphatic carbocycles. The van der Waals surface area contributed by atoms with Crippen LogP contribution in [0.15, 0.2) is 168 Å².